The number of nitrogens with one attached hydrogen (secondary N) is 1. The number of pyridine rings is 1. The van der Waals surface area contributed by atoms with Crippen molar-refractivity contribution >= 4 is 17.7 Å². The van der Waals surface area contributed by atoms with Gasteiger partial charge in [0.25, 0.3) is 5.56 Å². The summed E-state index contributed by atoms with van der Waals surface area (Å²) in [5, 5.41) is 15.8. The molecule has 2 N–H and O–H groups in total. The number of aromatic nitrogens is 3. The fraction of sp³-hybridized carbons (Fsp3) is 0.333. The van der Waals surface area contributed by atoms with E-state index in [0.29, 0.717) is 0 Å². The van der Waals surface area contributed by atoms with Crippen molar-refractivity contribution in [2.75, 3.05) is 5.32 Å². The number of carbonyl (C=O) groups is 2. The molecular formula is C15H18N4O4. The van der Waals surface area contributed by atoms with Crippen molar-refractivity contribution < 1.29 is 14.7 Å². The molecule has 2 aromatic rings. The molecule has 2 aromatic heterocycles. The second kappa shape index (κ2) is 6.47. The Hall–Kier alpha value is -2.90. The Bertz CT molecular complexity index is 776. The van der Waals surface area contributed by atoms with Gasteiger partial charge >= 0.3 is 5.97 Å². The summed E-state index contributed by atoms with van der Waals surface area (Å²) in [6, 6.07) is 6.30. The summed E-state index contributed by atoms with van der Waals surface area (Å²) in [5.74, 6) is -1.06. The maximum Gasteiger partial charge on any atom is 0.331 e. The number of amides is 1. The van der Waals surface area contributed by atoms with E-state index in [2.05, 4.69) is 10.4 Å². The Morgan fingerprint density at radius 3 is 2.65 bits per heavy atom. The molecule has 0 unspecified atom stereocenters. The number of nitrogens with zero attached hydrogens (tertiary/aromatic N) is 3. The maximum atomic E-state index is 11.9. The van der Waals surface area contributed by atoms with Crippen LogP contribution in [0.1, 0.15) is 20.3 Å². The number of aryl methyl sites for hydroxylation is 1. The molecule has 0 bridgehead atoms. The van der Waals surface area contributed by atoms with Gasteiger partial charge in [0.05, 0.1) is 0 Å². The minimum Gasteiger partial charge on any atom is -0.479 e. The Morgan fingerprint density at radius 2 is 2.00 bits per heavy atom. The molecule has 23 heavy (non-hydrogen) atoms. The normalized spacial score (nSPS) is 11.2. The van der Waals surface area contributed by atoms with Crippen molar-refractivity contribution in [3.05, 3.63) is 47.0 Å². The summed E-state index contributed by atoms with van der Waals surface area (Å²) in [4.78, 5) is 34.6. The van der Waals surface area contributed by atoms with Gasteiger partial charge in [-0.2, -0.15) is 5.10 Å². The van der Waals surface area contributed by atoms with Crippen molar-refractivity contribution in [3.63, 3.8) is 0 Å². The van der Waals surface area contributed by atoms with E-state index in [1.54, 1.807) is 18.3 Å². The molecule has 8 nitrogen and oxygen atoms in total. The van der Waals surface area contributed by atoms with Gasteiger partial charge in [-0.1, -0.05) is 6.07 Å². The Morgan fingerprint density at radius 1 is 1.26 bits per heavy atom. The minimum atomic E-state index is -1.21. The number of anilines is 1. The fourth-order valence-electron chi connectivity index (χ4n) is 1.87. The average molecular weight is 318 g/mol. The van der Waals surface area contributed by atoms with E-state index in [4.69, 9.17) is 5.11 Å². The third-order valence-electron chi connectivity index (χ3n) is 3.43. The number of carboxylic acids is 1. The van der Waals surface area contributed by atoms with E-state index in [9.17, 15) is 14.4 Å². The minimum absolute atomic E-state index is 0.110. The molecule has 2 rings (SSSR count). The lowest BCUT2D eigenvalue weighted by Crippen LogP contribution is -2.36. The zero-order valence-corrected chi connectivity index (χ0v) is 12.9. The average Bonchev–Trinajstić information content (AvgIpc) is 2.95. The van der Waals surface area contributed by atoms with Gasteiger partial charge in [0.2, 0.25) is 5.91 Å². The summed E-state index contributed by atoms with van der Waals surface area (Å²) in [7, 11) is 0. The molecule has 1 amide bonds. The highest BCUT2D eigenvalue weighted by Gasteiger charge is 2.30. The van der Waals surface area contributed by atoms with Gasteiger partial charge < -0.3 is 15.0 Å². The molecule has 0 aromatic carbocycles. The molecule has 0 aliphatic heterocycles. The lowest BCUT2D eigenvalue weighted by molar-refractivity contribution is -0.146. The number of hydrogen-bond acceptors (Lipinski definition) is 4. The molecule has 0 saturated carbocycles. The number of carboxylic acid groups (broad SMARTS) is 1. The van der Waals surface area contributed by atoms with Crippen LogP contribution >= 0.6 is 0 Å². The van der Waals surface area contributed by atoms with Gasteiger partial charge in [0.1, 0.15) is 0 Å². The monoisotopic (exact) mass is 318 g/mol. The number of hydrogen-bond donors (Lipinski definition) is 2. The molecule has 2 heterocycles. The van der Waals surface area contributed by atoms with E-state index in [1.165, 1.54) is 41.4 Å². The Balaban J connectivity index is 1.96. The van der Waals surface area contributed by atoms with Crippen molar-refractivity contribution in [1.82, 2.24) is 14.3 Å². The summed E-state index contributed by atoms with van der Waals surface area (Å²) in [6.07, 6.45) is 3.21. The molecule has 0 aliphatic rings. The summed E-state index contributed by atoms with van der Waals surface area (Å²) < 4.78 is 2.71. The van der Waals surface area contributed by atoms with Crippen molar-refractivity contribution in [1.29, 1.82) is 0 Å². The topological polar surface area (TPSA) is 106 Å². The first kappa shape index (κ1) is 16.5. The first-order valence-electron chi connectivity index (χ1n) is 7.05. The summed E-state index contributed by atoms with van der Waals surface area (Å²) in [5.41, 5.74) is -1.38. The molecule has 0 aliphatic carbocycles. The van der Waals surface area contributed by atoms with E-state index in [-0.39, 0.29) is 30.2 Å². The predicted octanol–water partition coefficient (Wildman–Crippen LogP) is 0.893. The zero-order valence-electron chi connectivity index (χ0n) is 12.9. The largest absolute Gasteiger partial charge is 0.479 e. The highest BCUT2D eigenvalue weighted by molar-refractivity contribution is 5.89. The van der Waals surface area contributed by atoms with Crippen LogP contribution in [0.3, 0.4) is 0 Å². The smallest absolute Gasteiger partial charge is 0.331 e. The van der Waals surface area contributed by atoms with Gasteiger partial charge in [0.15, 0.2) is 11.4 Å². The van der Waals surface area contributed by atoms with Crippen LogP contribution in [-0.4, -0.2) is 31.3 Å². The molecule has 8 heteroatoms. The maximum absolute atomic E-state index is 11.9. The van der Waals surface area contributed by atoms with Crippen LogP contribution in [-0.2, 0) is 21.7 Å². The van der Waals surface area contributed by atoms with Crippen LogP contribution in [0.5, 0.6) is 0 Å². The molecule has 0 fully saturated rings. The van der Waals surface area contributed by atoms with Crippen LogP contribution in [0.15, 0.2) is 41.5 Å². The lowest BCUT2D eigenvalue weighted by Gasteiger charge is -2.19. The molecule has 0 spiro atoms. The van der Waals surface area contributed by atoms with Crippen LogP contribution in [0.25, 0.3) is 0 Å². The highest BCUT2D eigenvalue weighted by atomic mass is 16.4. The third-order valence-corrected chi connectivity index (χ3v) is 3.43. The molecule has 122 valence electrons. The lowest BCUT2D eigenvalue weighted by atomic mass is 10.1. The van der Waals surface area contributed by atoms with Crippen LogP contribution in [0.4, 0.5) is 5.82 Å². The second-order valence-electron chi connectivity index (χ2n) is 5.54. The molecule has 0 saturated heterocycles. The van der Waals surface area contributed by atoms with E-state index >= 15 is 0 Å². The van der Waals surface area contributed by atoms with Gasteiger partial charge in [-0.05, 0) is 19.9 Å². The molecule has 0 radical (unpaired) electrons. The standard InChI is InChI=1S/C15H18N4O4/c1-15(2,14(22)23)19-10-6-11(17-19)16-12(20)7-9-18-8-4-3-5-13(18)21/h3-6,8,10H,7,9H2,1-2H3,(H,22,23)(H,16,17,20). The first-order valence-corrected chi connectivity index (χ1v) is 7.05. The summed E-state index contributed by atoms with van der Waals surface area (Å²) >= 11 is 0. The third kappa shape index (κ3) is 3.85. The van der Waals surface area contributed by atoms with Crippen molar-refractivity contribution in [2.24, 2.45) is 0 Å². The SMILES string of the molecule is CC(C)(C(=O)O)n1ccc(NC(=O)CCn2ccccc2=O)n1. The van der Waals surface area contributed by atoms with Crippen LogP contribution < -0.4 is 10.9 Å². The summed E-state index contributed by atoms with van der Waals surface area (Å²) in [6.45, 7) is 3.28. The van der Waals surface area contributed by atoms with Crippen molar-refractivity contribution in [3.8, 4) is 0 Å². The number of aliphatic carboxylic acids is 1. The van der Waals surface area contributed by atoms with Crippen LogP contribution in [0, 0.1) is 0 Å². The molecular weight excluding hydrogens is 300 g/mol. The zero-order chi connectivity index (χ0) is 17.0. The first-order chi connectivity index (χ1) is 10.8. The highest BCUT2D eigenvalue weighted by Crippen LogP contribution is 2.16. The Labute approximate surface area is 132 Å². The van der Waals surface area contributed by atoms with E-state index in [0.717, 1.165) is 0 Å². The van der Waals surface area contributed by atoms with Crippen molar-refractivity contribution in [2.45, 2.75) is 32.4 Å². The number of rotatable bonds is 6. The van der Waals surface area contributed by atoms with Gasteiger partial charge in [-0.25, -0.2) is 4.79 Å². The van der Waals surface area contributed by atoms with Gasteiger partial charge in [-0.3, -0.25) is 14.3 Å². The fourth-order valence-corrected chi connectivity index (χ4v) is 1.87. The quantitative estimate of drug-likeness (QED) is 0.823. The van der Waals surface area contributed by atoms with Crippen LogP contribution in [0.2, 0.25) is 0 Å². The van der Waals surface area contributed by atoms with Gasteiger partial charge in [-0.15, -0.1) is 0 Å². The number of carbonyl (C=O) groups excluding carboxylic acids is 1. The van der Waals surface area contributed by atoms with Gasteiger partial charge in [0, 0.05) is 37.5 Å². The Kier molecular flexibility index (Phi) is 4.63. The van der Waals surface area contributed by atoms with E-state index in [1.807, 2.05) is 0 Å². The van der Waals surface area contributed by atoms with E-state index < -0.39 is 11.5 Å². The predicted molar refractivity (Wildman–Crippen MR) is 83.1 cm³/mol. The second-order valence-corrected chi connectivity index (χ2v) is 5.54. The molecule has 0 atom stereocenters.